The van der Waals surface area contributed by atoms with Crippen molar-refractivity contribution < 1.29 is 18.7 Å². The Morgan fingerprint density at radius 2 is 2.10 bits per heavy atom. The smallest absolute Gasteiger partial charge is 0.344 e. The third kappa shape index (κ3) is 2.21. The van der Waals surface area contributed by atoms with Crippen molar-refractivity contribution in [2.75, 3.05) is 5.32 Å². The van der Waals surface area contributed by atoms with Crippen LogP contribution in [0.15, 0.2) is 41.0 Å². The van der Waals surface area contributed by atoms with E-state index in [1.165, 1.54) is 6.92 Å². The van der Waals surface area contributed by atoms with E-state index in [9.17, 15) is 9.59 Å². The molecule has 2 heterocycles. The lowest BCUT2D eigenvalue weighted by Crippen LogP contribution is -2.06. The highest BCUT2D eigenvalue weighted by atomic mass is 16.5. The molecule has 2 aromatic rings. The zero-order chi connectivity index (χ0) is 14.1. The first-order valence-corrected chi connectivity index (χ1v) is 6.03. The molecule has 0 saturated heterocycles. The summed E-state index contributed by atoms with van der Waals surface area (Å²) in [7, 11) is 0. The maximum absolute atomic E-state index is 11.8. The van der Waals surface area contributed by atoms with Gasteiger partial charge in [-0.1, -0.05) is 0 Å². The van der Waals surface area contributed by atoms with Crippen LogP contribution in [-0.4, -0.2) is 11.9 Å². The van der Waals surface area contributed by atoms with Gasteiger partial charge in [-0.25, -0.2) is 4.79 Å². The van der Waals surface area contributed by atoms with E-state index >= 15 is 0 Å². The molecule has 0 saturated carbocycles. The van der Waals surface area contributed by atoms with Crippen LogP contribution in [-0.2, 0) is 9.53 Å². The molecule has 0 spiro atoms. The summed E-state index contributed by atoms with van der Waals surface area (Å²) in [6, 6.07) is 8.58. The van der Waals surface area contributed by atoms with Gasteiger partial charge in [-0.05, 0) is 30.3 Å². The van der Waals surface area contributed by atoms with Gasteiger partial charge < -0.3 is 14.5 Å². The van der Waals surface area contributed by atoms with Crippen molar-refractivity contribution in [2.45, 2.75) is 6.92 Å². The Balaban J connectivity index is 1.99. The molecule has 1 aliphatic heterocycles. The largest absolute Gasteiger partial charge is 0.465 e. The summed E-state index contributed by atoms with van der Waals surface area (Å²) >= 11 is 0. The fourth-order valence-electron chi connectivity index (χ4n) is 2.03. The van der Waals surface area contributed by atoms with Crippen LogP contribution in [0.4, 0.5) is 5.69 Å². The maximum atomic E-state index is 11.8. The Bertz CT molecular complexity index is 713. The van der Waals surface area contributed by atoms with Crippen molar-refractivity contribution >= 4 is 29.4 Å². The molecule has 1 N–H and O–H groups in total. The number of fused-ring (bicyclic) bond motifs is 1. The minimum atomic E-state index is -0.440. The summed E-state index contributed by atoms with van der Waals surface area (Å²) in [5, 5.41) is 2.63. The van der Waals surface area contributed by atoms with Crippen LogP contribution in [0.25, 0.3) is 11.8 Å². The first-order chi connectivity index (χ1) is 9.63. The monoisotopic (exact) mass is 269 g/mol. The molecular formula is C15H11NO4. The summed E-state index contributed by atoms with van der Waals surface area (Å²) in [4.78, 5) is 22.9. The second-order valence-corrected chi connectivity index (χ2v) is 4.36. The van der Waals surface area contributed by atoms with Crippen LogP contribution in [0.3, 0.4) is 0 Å². The summed E-state index contributed by atoms with van der Waals surface area (Å²) in [5.74, 6) is 0.411. The van der Waals surface area contributed by atoms with Gasteiger partial charge in [0.2, 0.25) is 5.91 Å². The van der Waals surface area contributed by atoms with Gasteiger partial charge in [-0.3, -0.25) is 4.79 Å². The number of amides is 1. The summed E-state index contributed by atoms with van der Waals surface area (Å²) in [6.45, 7) is 1.41. The van der Waals surface area contributed by atoms with Gasteiger partial charge in [0.05, 0.1) is 11.8 Å². The van der Waals surface area contributed by atoms with Gasteiger partial charge in [0.15, 0.2) is 0 Å². The van der Waals surface area contributed by atoms with E-state index in [0.717, 1.165) is 0 Å². The SMILES string of the molecule is CC(=O)Nc1ccc2c(c1)C(=O)O/C2=C\c1ccco1. The minimum absolute atomic E-state index is 0.192. The molecule has 0 unspecified atom stereocenters. The third-order valence-corrected chi connectivity index (χ3v) is 2.84. The Labute approximate surface area is 114 Å². The number of furan rings is 1. The fraction of sp³-hybridized carbons (Fsp3) is 0.0667. The van der Waals surface area contributed by atoms with E-state index in [-0.39, 0.29) is 5.91 Å². The second-order valence-electron chi connectivity index (χ2n) is 4.36. The predicted molar refractivity (Wildman–Crippen MR) is 72.7 cm³/mol. The molecule has 1 aromatic heterocycles. The highest BCUT2D eigenvalue weighted by Crippen LogP contribution is 2.33. The van der Waals surface area contributed by atoms with Crippen LogP contribution in [0.5, 0.6) is 0 Å². The molecule has 5 nitrogen and oxygen atoms in total. The lowest BCUT2D eigenvalue weighted by atomic mass is 10.1. The van der Waals surface area contributed by atoms with Crippen molar-refractivity contribution in [1.82, 2.24) is 0 Å². The zero-order valence-corrected chi connectivity index (χ0v) is 10.7. The highest BCUT2D eigenvalue weighted by Gasteiger charge is 2.27. The van der Waals surface area contributed by atoms with Crippen molar-refractivity contribution in [3.63, 3.8) is 0 Å². The van der Waals surface area contributed by atoms with Crippen LogP contribution in [0.2, 0.25) is 0 Å². The molecule has 100 valence electrons. The first-order valence-electron chi connectivity index (χ1n) is 6.03. The Morgan fingerprint density at radius 3 is 2.80 bits per heavy atom. The lowest BCUT2D eigenvalue weighted by molar-refractivity contribution is -0.114. The average Bonchev–Trinajstić information content (AvgIpc) is 2.99. The number of anilines is 1. The molecule has 0 atom stereocenters. The Morgan fingerprint density at radius 1 is 1.25 bits per heavy atom. The minimum Gasteiger partial charge on any atom is -0.465 e. The number of carbonyl (C=O) groups excluding carboxylic acids is 2. The van der Waals surface area contributed by atoms with Crippen LogP contribution in [0.1, 0.15) is 28.6 Å². The molecule has 20 heavy (non-hydrogen) atoms. The zero-order valence-electron chi connectivity index (χ0n) is 10.7. The van der Waals surface area contributed by atoms with E-state index in [4.69, 9.17) is 9.15 Å². The van der Waals surface area contributed by atoms with E-state index < -0.39 is 5.97 Å². The number of benzene rings is 1. The molecule has 0 bridgehead atoms. The van der Waals surface area contributed by atoms with Crippen molar-refractivity contribution in [1.29, 1.82) is 0 Å². The number of rotatable bonds is 2. The van der Waals surface area contributed by atoms with Gasteiger partial charge >= 0.3 is 5.97 Å². The van der Waals surface area contributed by atoms with Crippen molar-refractivity contribution in [2.24, 2.45) is 0 Å². The van der Waals surface area contributed by atoms with Crippen LogP contribution < -0.4 is 5.32 Å². The first kappa shape index (κ1) is 12.2. The highest BCUT2D eigenvalue weighted by molar-refractivity contribution is 6.06. The molecule has 0 radical (unpaired) electrons. The fourth-order valence-corrected chi connectivity index (χ4v) is 2.03. The van der Waals surface area contributed by atoms with E-state index in [1.807, 2.05) is 0 Å². The molecule has 5 heteroatoms. The second kappa shape index (κ2) is 4.70. The summed E-state index contributed by atoms with van der Waals surface area (Å²) < 4.78 is 10.4. The van der Waals surface area contributed by atoms with Gasteiger partial charge in [0.25, 0.3) is 0 Å². The quantitative estimate of drug-likeness (QED) is 0.851. The van der Waals surface area contributed by atoms with Gasteiger partial charge in [-0.2, -0.15) is 0 Å². The number of esters is 1. The van der Waals surface area contributed by atoms with Crippen LogP contribution in [0, 0.1) is 0 Å². The molecule has 3 rings (SSSR count). The number of ether oxygens (including phenoxy) is 1. The number of hydrogen-bond acceptors (Lipinski definition) is 4. The number of nitrogens with one attached hydrogen (secondary N) is 1. The Kier molecular flexibility index (Phi) is 2.87. The van der Waals surface area contributed by atoms with Crippen molar-refractivity contribution in [3.05, 3.63) is 53.5 Å². The number of cyclic esters (lactones) is 1. The molecule has 1 amide bonds. The van der Waals surface area contributed by atoms with E-state index in [0.29, 0.717) is 28.3 Å². The standard InChI is InChI=1S/C15H11NO4/c1-9(17)16-10-4-5-12-13(7-10)15(18)20-14(12)8-11-3-2-6-19-11/h2-8H,1H3,(H,16,17)/b14-8-. The number of carbonyl (C=O) groups is 2. The number of hydrogen-bond donors (Lipinski definition) is 1. The molecule has 0 aliphatic carbocycles. The van der Waals surface area contributed by atoms with Crippen molar-refractivity contribution in [3.8, 4) is 0 Å². The predicted octanol–water partition coefficient (Wildman–Crippen LogP) is 2.91. The van der Waals surface area contributed by atoms with Gasteiger partial charge in [-0.15, -0.1) is 0 Å². The molecular weight excluding hydrogens is 258 g/mol. The van der Waals surface area contributed by atoms with Gasteiger partial charge in [0, 0.05) is 24.3 Å². The van der Waals surface area contributed by atoms with E-state index in [2.05, 4.69) is 5.32 Å². The molecule has 0 fully saturated rings. The summed E-state index contributed by atoms with van der Waals surface area (Å²) in [6.07, 6.45) is 3.20. The maximum Gasteiger partial charge on any atom is 0.344 e. The molecule has 1 aliphatic rings. The Hall–Kier alpha value is -2.82. The normalized spacial score (nSPS) is 15.1. The summed E-state index contributed by atoms with van der Waals surface area (Å²) in [5.41, 5.74) is 1.67. The third-order valence-electron chi connectivity index (χ3n) is 2.84. The van der Waals surface area contributed by atoms with E-state index in [1.54, 1.807) is 42.7 Å². The average molecular weight is 269 g/mol. The lowest BCUT2D eigenvalue weighted by Gasteiger charge is -2.02. The van der Waals surface area contributed by atoms with Gasteiger partial charge in [0.1, 0.15) is 11.5 Å². The topological polar surface area (TPSA) is 68.5 Å². The molecule has 1 aromatic carbocycles. The van der Waals surface area contributed by atoms with Crippen LogP contribution >= 0.6 is 0 Å².